The number of carbonyl (C=O) groups is 1. The van der Waals surface area contributed by atoms with Gasteiger partial charge in [-0.3, -0.25) is 9.89 Å². The molecule has 0 spiro atoms. The van der Waals surface area contributed by atoms with Gasteiger partial charge in [-0.1, -0.05) is 0 Å². The van der Waals surface area contributed by atoms with Gasteiger partial charge in [-0.05, 0) is 26.3 Å². The maximum absolute atomic E-state index is 10.9. The summed E-state index contributed by atoms with van der Waals surface area (Å²) < 4.78 is 0. The number of H-pyrrole nitrogens is 1. The Morgan fingerprint density at radius 1 is 1.60 bits per heavy atom. The summed E-state index contributed by atoms with van der Waals surface area (Å²) in [5.41, 5.74) is 0. The standard InChI is InChI=1S/C9H14N4O2/c1-5-11-8(13-12-5)7-4-6(9(14)15)2-3-10-7/h6-7,10H,2-4H2,1H3,(H,14,15)(H,11,12,13). The third-order valence-corrected chi connectivity index (χ3v) is 2.68. The van der Waals surface area contributed by atoms with Crippen LogP contribution in [0.4, 0.5) is 0 Å². The summed E-state index contributed by atoms with van der Waals surface area (Å²) in [6, 6.07) is -0.0372. The van der Waals surface area contributed by atoms with Gasteiger partial charge in [0.2, 0.25) is 0 Å². The number of hydrogen-bond acceptors (Lipinski definition) is 4. The van der Waals surface area contributed by atoms with Crippen LogP contribution in [0.3, 0.4) is 0 Å². The molecule has 82 valence electrons. The van der Waals surface area contributed by atoms with Crippen molar-refractivity contribution in [2.45, 2.75) is 25.8 Å². The molecule has 0 bridgehead atoms. The Kier molecular flexibility index (Phi) is 2.68. The molecule has 2 unspecified atom stereocenters. The molecule has 1 aromatic rings. The summed E-state index contributed by atoms with van der Waals surface area (Å²) >= 11 is 0. The molecular weight excluding hydrogens is 196 g/mol. The number of carboxylic acid groups (broad SMARTS) is 1. The maximum Gasteiger partial charge on any atom is 0.306 e. The highest BCUT2D eigenvalue weighted by molar-refractivity contribution is 5.70. The zero-order valence-electron chi connectivity index (χ0n) is 8.53. The van der Waals surface area contributed by atoms with Crippen molar-refractivity contribution < 1.29 is 9.90 Å². The first-order valence-electron chi connectivity index (χ1n) is 5.02. The summed E-state index contributed by atoms with van der Waals surface area (Å²) in [5.74, 6) is 0.409. The van der Waals surface area contributed by atoms with Gasteiger partial charge in [-0.15, -0.1) is 0 Å². The predicted octanol–water partition coefficient (Wildman–Crippen LogP) is 0.238. The van der Waals surface area contributed by atoms with E-state index in [1.54, 1.807) is 0 Å². The van der Waals surface area contributed by atoms with Crippen molar-refractivity contribution in [3.8, 4) is 0 Å². The minimum Gasteiger partial charge on any atom is -0.481 e. The summed E-state index contributed by atoms with van der Waals surface area (Å²) in [7, 11) is 0. The van der Waals surface area contributed by atoms with Crippen LogP contribution in [0.1, 0.15) is 30.5 Å². The first-order valence-corrected chi connectivity index (χ1v) is 5.02. The van der Waals surface area contributed by atoms with Crippen LogP contribution in [-0.4, -0.2) is 32.8 Å². The van der Waals surface area contributed by atoms with E-state index >= 15 is 0 Å². The lowest BCUT2D eigenvalue weighted by atomic mass is 9.92. The number of nitrogens with zero attached hydrogens (tertiary/aromatic N) is 2. The summed E-state index contributed by atoms with van der Waals surface area (Å²) in [6.45, 7) is 2.53. The lowest BCUT2D eigenvalue weighted by Crippen LogP contribution is -2.35. The molecule has 1 aromatic heterocycles. The quantitative estimate of drug-likeness (QED) is 0.650. The van der Waals surface area contributed by atoms with Crippen LogP contribution in [0, 0.1) is 12.8 Å². The molecule has 1 fully saturated rings. The Hall–Kier alpha value is -1.43. The Morgan fingerprint density at radius 3 is 3.00 bits per heavy atom. The van der Waals surface area contributed by atoms with E-state index in [0.717, 1.165) is 5.82 Å². The monoisotopic (exact) mass is 210 g/mol. The molecule has 0 radical (unpaired) electrons. The third-order valence-electron chi connectivity index (χ3n) is 2.68. The summed E-state index contributed by atoms with van der Waals surface area (Å²) in [5, 5.41) is 19.0. The van der Waals surface area contributed by atoms with Crippen LogP contribution in [0.15, 0.2) is 0 Å². The molecule has 2 heterocycles. The van der Waals surface area contributed by atoms with Crippen molar-refractivity contribution in [3.05, 3.63) is 11.6 Å². The Balaban J connectivity index is 2.07. The lowest BCUT2D eigenvalue weighted by molar-refractivity contribution is -0.143. The minimum atomic E-state index is -0.728. The van der Waals surface area contributed by atoms with Gasteiger partial charge >= 0.3 is 5.97 Å². The van der Waals surface area contributed by atoms with Crippen molar-refractivity contribution in [1.82, 2.24) is 20.5 Å². The van der Waals surface area contributed by atoms with E-state index in [1.165, 1.54) is 0 Å². The number of aryl methyl sites for hydroxylation is 1. The summed E-state index contributed by atoms with van der Waals surface area (Å²) in [4.78, 5) is 15.1. The number of aromatic nitrogens is 3. The molecule has 0 saturated carbocycles. The molecule has 0 aliphatic carbocycles. The molecule has 2 rings (SSSR count). The van der Waals surface area contributed by atoms with Crippen molar-refractivity contribution >= 4 is 5.97 Å². The van der Waals surface area contributed by atoms with Crippen molar-refractivity contribution in [2.75, 3.05) is 6.54 Å². The fourth-order valence-electron chi connectivity index (χ4n) is 1.85. The molecule has 1 aliphatic rings. The maximum atomic E-state index is 10.9. The highest BCUT2D eigenvalue weighted by Gasteiger charge is 2.29. The highest BCUT2D eigenvalue weighted by Crippen LogP contribution is 2.25. The largest absolute Gasteiger partial charge is 0.481 e. The normalized spacial score (nSPS) is 26.5. The highest BCUT2D eigenvalue weighted by atomic mass is 16.4. The first kappa shape index (κ1) is 10.1. The Morgan fingerprint density at radius 2 is 2.40 bits per heavy atom. The van der Waals surface area contributed by atoms with Crippen LogP contribution in [0.2, 0.25) is 0 Å². The molecular formula is C9H14N4O2. The van der Waals surface area contributed by atoms with Crippen molar-refractivity contribution in [3.63, 3.8) is 0 Å². The minimum absolute atomic E-state index is 0.0372. The second-order valence-corrected chi connectivity index (χ2v) is 3.85. The van der Waals surface area contributed by atoms with E-state index in [2.05, 4.69) is 20.5 Å². The number of nitrogens with one attached hydrogen (secondary N) is 2. The van der Waals surface area contributed by atoms with Gasteiger partial charge in [0.25, 0.3) is 0 Å². The second-order valence-electron chi connectivity index (χ2n) is 3.85. The Bertz CT molecular complexity index is 363. The molecule has 0 aromatic carbocycles. The van der Waals surface area contributed by atoms with E-state index in [-0.39, 0.29) is 12.0 Å². The van der Waals surface area contributed by atoms with Crippen LogP contribution in [0.5, 0.6) is 0 Å². The average Bonchev–Trinajstić information content (AvgIpc) is 2.65. The molecule has 3 N–H and O–H groups in total. The number of aliphatic carboxylic acids is 1. The van der Waals surface area contributed by atoms with Gasteiger partial charge < -0.3 is 10.4 Å². The average molecular weight is 210 g/mol. The fourth-order valence-corrected chi connectivity index (χ4v) is 1.85. The second kappa shape index (κ2) is 3.98. The van der Waals surface area contributed by atoms with E-state index in [0.29, 0.717) is 25.2 Å². The van der Waals surface area contributed by atoms with Crippen LogP contribution < -0.4 is 5.32 Å². The SMILES string of the molecule is Cc1nc(C2CC(C(=O)O)CCN2)n[nH]1. The number of rotatable bonds is 2. The molecule has 15 heavy (non-hydrogen) atoms. The van der Waals surface area contributed by atoms with Gasteiger partial charge in [-0.25, -0.2) is 4.98 Å². The van der Waals surface area contributed by atoms with Gasteiger partial charge in [-0.2, -0.15) is 5.10 Å². The molecule has 1 saturated heterocycles. The smallest absolute Gasteiger partial charge is 0.306 e. The Labute approximate surface area is 87.1 Å². The van der Waals surface area contributed by atoms with Crippen LogP contribution in [-0.2, 0) is 4.79 Å². The van der Waals surface area contributed by atoms with Gasteiger partial charge in [0.05, 0.1) is 12.0 Å². The van der Waals surface area contributed by atoms with Gasteiger partial charge in [0.1, 0.15) is 5.82 Å². The van der Waals surface area contributed by atoms with Gasteiger partial charge in [0, 0.05) is 0 Å². The van der Waals surface area contributed by atoms with Gasteiger partial charge in [0.15, 0.2) is 5.82 Å². The van der Waals surface area contributed by atoms with E-state index in [4.69, 9.17) is 5.11 Å². The van der Waals surface area contributed by atoms with Crippen molar-refractivity contribution in [1.29, 1.82) is 0 Å². The lowest BCUT2D eigenvalue weighted by Gasteiger charge is -2.25. The van der Waals surface area contributed by atoms with E-state index in [1.807, 2.05) is 6.92 Å². The first-order chi connectivity index (χ1) is 7.16. The van der Waals surface area contributed by atoms with Crippen molar-refractivity contribution in [2.24, 2.45) is 5.92 Å². The van der Waals surface area contributed by atoms with Crippen LogP contribution in [0.25, 0.3) is 0 Å². The number of aromatic amines is 1. The number of carboxylic acids is 1. The molecule has 0 amide bonds. The zero-order valence-corrected chi connectivity index (χ0v) is 8.53. The molecule has 6 nitrogen and oxygen atoms in total. The number of piperidine rings is 1. The van der Waals surface area contributed by atoms with E-state index < -0.39 is 5.97 Å². The molecule has 6 heteroatoms. The topological polar surface area (TPSA) is 90.9 Å². The third kappa shape index (κ3) is 2.15. The summed E-state index contributed by atoms with van der Waals surface area (Å²) in [6.07, 6.45) is 1.24. The van der Waals surface area contributed by atoms with E-state index in [9.17, 15) is 4.79 Å². The zero-order chi connectivity index (χ0) is 10.8. The van der Waals surface area contributed by atoms with Crippen LogP contribution >= 0.6 is 0 Å². The predicted molar refractivity (Wildman–Crippen MR) is 52.2 cm³/mol. The number of hydrogen-bond donors (Lipinski definition) is 3. The molecule has 1 aliphatic heterocycles. The molecule has 2 atom stereocenters. The fraction of sp³-hybridized carbons (Fsp3) is 0.667.